The van der Waals surface area contributed by atoms with E-state index in [1.54, 1.807) is 18.2 Å². The van der Waals surface area contributed by atoms with Crippen LogP contribution in [0.2, 0.25) is 0 Å². The molecule has 0 radical (unpaired) electrons. The predicted octanol–water partition coefficient (Wildman–Crippen LogP) is 2.27. The second-order valence-corrected chi connectivity index (χ2v) is 6.12. The van der Waals surface area contributed by atoms with Crippen molar-refractivity contribution in [2.45, 2.75) is 6.04 Å². The van der Waals surface area contributed by atoms with Crippen LogP contribution in [0.3, 0.4) is 0 Å². The van der Waals surface area contributed by atoms with Crippen LogP contribution < -0.4 is 0 Å². The summed E-state index contributed by atoms with van der Waals surface area (Å²) in [6, 6.07) is 11.7. The lowest BCUT2D eigenvalue weighted by atomic mass is 10.0. The molecule has 1 aliphatic heterocycles. The van der Waals surface area contributed by atoms with E-state index in [9.17, 15) is 14.7 Å². The van der Waals surface area contributed by atoms with E-state index in [4.69, 9.17) is 14.3 Å². The van der Waals surface area contributed by atoms with E-state index < -0.39 is 23.5 Å². The van der Waals surface area contributed by atoms with E-state index in [-0.39, 0.29) is 31.9 Å². The lowest BCUT2D eigenvalue weighted by Crippen LogP contribution is -2.34. The molecule has 0 saturated carbocycles. The first-order valence-corrected chi connectivity index (χ1v) is 8.87. The molecular formula is C21H21NO6. The standard InChI is InChI=1S/C21H21NO6/c23-11-14-27-13-10-22-19(17-7-4-12-28-17)18(20(25)21(22)26)16(24)9-8-15-5-2-1-3-6-15/h1-9,12,19,23,25H,10-11,13-14H2. The Kier molecular flexibility index (Phi) is 6.41. The van der Waals surface area contributed by atoms with E-state index in [2.05, 4.69) is 0 Å². The number of carbonyl (C=O) groups is 2. The molecule has 7 nitrogen and oxygen atoms in total. The van der Waals surface area contributed by atoms with Crippen molar-refractivity contribution in [3.63, 3.8) is 0 Å². The van der Waals surface area contributed by atoms with Crippen molar-refractivity contribution in [3.8, 4) is 0 Å². The van der Waals surface area contributed by atoms with Crippen molar-refractivity contribution in [1.29, 1.82) is 0 Å². The van der Waals surface area contributed by atoms with Gasteiger partial charge in [-0.05, 0) is 23.8 Å². The molecule has 1 unspecified atom stereocenters. The molecule has 2 N–H and O–H groups in total. The van der Waals surface area contributed by atoms with Gasteiger partial charge in [0.15, 0.2) is 11.5 Å². The summed E-state index contributed by atoms with van der Waals surface area (Å²) < 4.78 is 10.6. The summed E-state index contributed by atoms with van der Waals surface area (Å²) in [6.07, 6.45) is 4.40. The summed E-state index contributed by atoms with van der Waals surface area (Å²) in [5, 5.41) is 19.2. The highest BCUT2D eigenvalue weighted by Gasteiger charge is 2.44. The number of rotatable bonds is 9. The summed E-state index contributed by atoms with van der Waals surface area (Å²) in [7, 11) is 0. The Morgan fingerprint density at radius 1 is 1.18 bits per heavy atom. The monoisotopic (exact) mass is 383 g/mol. The summed E-state index contributed by atoms with van der Waals surface area (Å²) >= 11 is 0. The molecule has 0 spiro atoms. The first kappa shape index (κ1) is 19.6. The van der Waals surface area contributed by atoms with Crippen LogP contribution in [0.15, 0.2) is 70.6 Å². The Morgan fingerprint density at radius 2 is 1.96 bits per heavy atom. The average Bonchev–Trinajstić information content (AvgIpc) is 3.32. The van der Waals surface area contributed by atoms with Gasteiger partial charge >= 0.3 is 0 Å². The van der Waals surface area contributed by atoms with E-state index in [0.717, 1.165) is 5.56 Å². The highest BCUT2D eigenvalue weighted by molar-refractivity contribution is 6.14. The second-order valence-electron chi connectivity index (χ2n) is 6.12. The molecule has 0 aliphatic carbocycles. The molecule has 0 saturated heterocycles. The number of carbonyl (C=O) groups excluding carboxylic acids is 2. The van der Waals surface area contributed by atoms with Crippen LogP contribution in [0.5, 0.6) is 0 Å². The third-order valence-corrected chi connectivity index (χ3v) is 4.32. The van der Waals surface area contributed by atoms with Gasteiger partial charge in [0.25, 0.3) is 5.91 Å². The fourth-order valence-corrected chi connectivity index (χ4v) is 3.03. The highest BCUT2D eigenvalue weighted by Crippen LogP contribution is 2.37. The third kappa shape index (κ3) is 4.21. The molecule has 0 fully saturated rings. The minimum atomic E-state index is -0.840. The van der Waals surface area contributed by atoms with E-state index in [1.807, 2.05) is 30.3 Å². The fraction of sp³-hybridized carbons (Fsp3) is 0.238. The number of hydrogen-bond acceptors (Lipinski definition) is 6. The number of furan rings is 1. The van der Waals surface area contributed by atoms with Crippen LogP contribution in [0.1, 0.15) is 17.4 Å². The van der Waals surface area contributed by atoms with Gasteiger partial charge in [0.05, 0.1) is 31.7 Å². The van der Waals surface area contributed by atoms with Gasteiger partial charge in [-0.2, -0.15) is 0 Å². The number of aliphatic hydroxyl groups excluding tert-OH is 2. The van der Waals surface area contributed by atoms with Gasteiger partial charge in [0, 0.05) is 6.54 Å². The minimum Gasteiger partial charge on any atom is -0.503 e. The largest absolute Gasteiger partial charge is 0.503 e. The number of ketones is 1. The smallest absolute Gasteiger partial charge is 0.290 e. The Morgan fingerprint density at radius 3 is 2.64 bits per heavy atom. The molecule has 1 atom stereocenters. The third-order valence-electron chi connectivity index (χ3n) is 4.32. The number of nitrogens with zero attached hydrogens (tertiary/aromatic N) is 1. The van der Waals surface area contributed by atoms with Crippen LogP contribution >= 0.6 is 0 Å². The molecule has 3 rings (SSSR count). The van der Waals surface area contributed by atoms with Crippen molar-refractivity contribution in [2.24, 2.45) is 0 Å². The summed E-state index contributed by atoms with van der Waals surface area (Å²) in [6.45, 7) is 0.289. The van der Waals surface area contributed by atoms with Crippen molar-refractivity contribution >= 4 is 17.8 Å². The average molecular weight is 383 g/mol. The number of hydrogen-bond donors (Lipinski definition) is 2. The maximum absolute atomic E-state index is 12.8. The maximum atomic E-state index is 12.8. The van der Waals surface area contributed by atoms with Crippen LogP contribution in [0.25, 0.3) is 6.08 Å². The van der Waals surface area contributed by atoms with E-state index >= 15 is 0 Å². The minimum absolute atomic E-state index is 0.0331. The molecule has 1 aromatic heterocycles. The van der Waals surface area contributed by atoms with Gasteiger partial charge in [-0.25, -0.2) is 0 Å². The zero-order valence-electron chi connectivity index (χ0n) is 15.2. The zero-order chi connectivity index (χ0) is 19.9. The number of benzene rings is 1. The van der Waals surface area contributed by atoms with Crippen molar-refractivity contribution < 1.29 is 29.0 Å². The Balaban J connectivity index is 1.85. The Bertz CT molecular complexity index is 870. The molecular weight excluding hydrogens is 362 g/mol. The van der Waals surface area contributed by atoms with Gasteiger partial charge in [-0.15, -0.1) is 0 Å². The predicted molar refractivity (Wildman–Crippen MR) is 101 cm³/mol. The highest BCUT2D eigenvalue weighted by atomic mass is 16.5. The summed E-state index contributed by atoms with van der Waals surface area (Å²) in [5.41, 5.74) is 0.790. The molecule has 0 bridgehead atoms. The molecule has 1 amide bonds. The molecule has 28 heavy (non-hydrogen) atoms. The number of allylic oxidation sites excluding steroid dienone is 1. The first-order valence-electron chi connectivity index (χ1n) is 8.87. The summed E-state index contributed by atoms with van der Waals surface area (Å²) in [5.74, 6) is -1.36. The van der Waals surface area contributed by atoms with Gasteiger partial charge < -0.3 is 24.3 Å². The topological polar surface area (TPSA) is 100 Å². The first-order chi connectivity index (χ1) is 13.6. The quantitative estimate of drug-likeness (QED) is 0.509. The Labute approximate surface area is 162 Å². The van der Waals surface area contributed by atoms with Crippen molar-refractivity contribution in [1.82, 2.24) is 4.90 Å². The molecule has 2 aromatic rings. The molecule has 1 aromatic carbocycles. The van der Waals surface area contributed by atoms with Crippen LogP contribution in [-0.4, -0.2) is 53.2 Å². The van der Waals surface area contributed by atoms with Crippen LogP contribution in [-0.2, 0) is 14.3 Å². The molecule has 146 valence electrons. The molecule has 2 heterocycles. The second kappa shape index (κ2) is 9.16. The molecule has 1 aliphatic rings. The van der Waals surface area contributed by atoms with Crippen LogP contribution in [0.4, 0.5) is 0 Å². The molecule has 7 heteroatoms. The van der Waals surface area contributed by atoms with Gasteiger partial charge in [-0.1, -0.05) is 36.4 Å². The SMILES string of the molecule is O=C(C=Cc1ccccc1)C1=C(O)C(=O)N(CCOCCO)C1c1ccco1. The van der Waals surface area contributed by atoms with Crippen LogP contribution in [0, 0.1) is 0 Å². The van der Waals surface area contributed by atoms with Crippen molar-refractivity contribution in [2.75, 3.05) is 26.4 Å². The van der Waals surface area contributed by atoms with Gasteiger partial charge in [0.2, 0.25) is 0 Å². The number of aliphatic hydroxyl groups is 2. The fourth-order valence-electron chi connectivity index (χ4n) is 3.03. The van der Waals surface area contributed by atoms with Gasteiger partial charge in [-0.3, -0.25) is 9.59 Å². The lowest BCUT2D eigenvalue weighted by Gasteiger charge is -2.24. The number of amides is 1. The zero-order valence-corrected chi connectivity index (χ0v) is 15.2. The van der Waals surface area contributed by atoms with Gasteiger partial charge in [0.1, 0.15) is 11.8 Å². The number of ether oxygens (including phenoxy) is 1. The normalized spacial score (nSPS) is 17.1. The maximum Gasteiger partial charge on any atom is 0.290 e. The van der Waals surface area contributed by atoms with E-state index in [0.29, 0.717) is 5.76 Å². The van der Waals surface area contributed by atoms with Crippen molar-refractivity contribution in [3.05, 3.63) is 77.5 Å². The lowest BCUT2D eigenvalue weighted by molar-refractivity contribution is -0.130. The Hall–Kier alpha value is -3.16. The summed E-state index contributed by atoms with van der Waals surface area (Å²) in [4.78, 5) is 26.7. The van der Waals surface area contributed by atoms with E-state index in [1.165, 1.54) is 17.2 Å².